The summed E-state index contributed by atoms with van der Waals surface area (Å²) in [6.45, 7) is 1.95. The Balaban J connectivity index is 1.94. The van der Waals surface area contributed by atoms with Gasteiger partial charge in [-0.3, -0.25) is 9.59 Å². The van der Waals surface area contributed by atoms with E-state index in [-0.39, 0.29) is 16.6 Å². The van der Waals surface area contributed by atoms with E-state index in [1.807, 2.05) is 0 Å². The van der Waals surface area contributed by atoms with Gasteiger partial charge in [-0.1, -0.05) is 0 Å². The zero-order valence-corrected chi connectivity index (χ0v) is 12.1. The zero-order chi connectivity index (χ0) is 15.0. The SMILES string of the molecule is COc1cc2c(=O)cc[nH]c2cc1OCC1(C(C)=O)CC1. The maximum Gasteiger partial charge on any atom is 0.189 e. The van der Waals surface area contributed by atoms with Crippen LogP contribution in [0.4, 0.5) is 0 Å². The molecule has 0 bridgehead atoms. The molecule has 2 aromatic rings. The van der Waals surface area contributed by atoms with Crippen molar-refractivity contribution in [3.63, 3.8) is 0 Å². The molecular weight excluding hydrogens is 270 g/mol. The normalized spacial score (nSPS) is 15.7. The minimum absolute atomic E-state index is 0.0731. The molecule has 1 saturated carbocycles. The summed E-state index contributed by atoms with van der Waals surface area (Å²) in [5, 5.41) is 0.550. The molecule has 1 aromatic heterocycles. The maximum absolute atomic E-state index is 11.8. The third kappa shape index (κ3) is 2.39. The average molecular weight is 287 g/mol. The number of benzene rings is 1. The maximum atomic E-state index is 11.8. The second-order valence-electron chi connectivity index (χ2n) is 5.52. The van der Waals surface area contributed by atoms with Crippen LogP contribution in [0.1, 0.15) is 19.8 Å². The zero-order valence-electron chi connectivity index (χ0n) is 12.1. The summed E-state index contributed by atoms with van der Waals surface area (Å²) in [6.07, 6.45) is 3.34. The smallest absolute Gasteiger partial charge is 0.189 e. The molecule has 5 nitrogen and oxygen atoms in total. The van der Waals surface area contributed by atoms with E-state index in [1.165, 1.54) is 13.2 Å². The molecule has 0 atom stereocenters. The highest BCUT2D eigenvalue weighted by atomic mass is 16.5. The number of methoxy groups -OCH3 is 1. The summed E-state index contributed by atoms with van der Waals surface area (Å²) in [4.78, 5) is 26.4. The number of fused-ring (bicyclic) bond motifs is 1. The van der Waals surface area contributed by atoms with Crippen LogP contribution in [-0.4, -0.2) is 24.5 Å². The molecule has 1 aliphatic rings. The van der Waals surface area contributed by atoms with Crippen LogP contribution < -0.4 is 14.9 Å². The Morgan fingerprint density at radius 1 is 1.33 bits per heavy atom. The Morgan fingerprint density at radius 3 is 2.71 bits per heavy atom. The van der Waals surface area contributed by atoms with Crippen molar-refractivity contribution in [3.8, 4) is 11.5 Å². The number of Topliss-reactive ketones (excluding diaryl/α,β-unsaturated/α-hetero) is 1. The predicted octanol–water partition coefficient (Wildman–Crippen LogP) is 2.28. The van der Waals surface area contributed by atoms with E-state index in [9.17, 15) is 9.59 Å². The number of carbonyl (C=O) groups is 1. The Kier molecular flexibility index (Phi) is 3.20. The molecule has 0 amide bonds. The van der Waals surface area contributed by atoms with E-state index < -0.39 is 0 Å². The van der Waals surface area contributed by atoms with Gasteiger partial charge in [-0.2, -0.15) is 0 Å². The quantitative estimate of drug-likeness (QED) is 0.916. The highest BCUT2D eigenvalue weighted by molar-refractivity contribution is 5.85. The molecule has 1 heterocycles. The van der Waals surface area contributed by atoms with E-state index in [4.69, 9.17) is 9.47 Å². The van der Waals surface area contributed by atoms with Crippen molar-refractivity contribution in [2.24, 2.45) is 5.41 Å². The van der Waals surface area contributed by atoms with E-state index >= 15 is 0 Å². The minimum atomic E-state index is -0.329. The van der Waals surface area contributed by atoms with Gasteiger partial charge in [-0.15, -0.1) is 0 Å². The van der Waals surface area contributed by atoms with Crippen LogP contribution in [-0.2, 0) is 4.79 Å². The van der Waals surface area contributed by atoms with Crippen LogP contribution in [0, 0.1) is 5.41 Å². The highest BCUT2D eigenvalue weighted by Crippen LogP contribution is 2.47. The molecule has 21 heavy (non-hydrogen) atoms. The lowest BCUT2D eigenvalue weighted by Gasteiger charge is -2.15. The van der Waals surface area contributed by atoms with Gasteiger partial charge >= 0.3 is 0 Å². The molecule has 1 aliphatic carbocycles. The van der Waals surface area contributed by atoms with Crippen molar-refractivity contribution in [2.75, 3.05) is 13.7 Å². The predicted molar refractivity (Wildman–Crippen MR) is 79.0 cm³/mol. The van der Waals surface area contributed by atoms with Gasteiger partial charge in [0.1, 0.15) is 12.4 Å². The van der Waals surface area contributed by atoms with Crippen molar-refractivity contribution in [1.82, 2.24) is 4.98 Å². The standard InChI is InChI=1S/C16H17NO4/c1-10(18)16(4-5-16)9-21-15-8-12-11(7-14(15)20-2)13(19)3-6-17-12/h3,6-8H,4-5,9H2,1-2H3,(H,17,19). The van der Waals surface area contributed by atoms with Gasteiger partial charge in [0.15, 0.2) is 16.9 Å². The molecule has 0 spiro atoms. The molecular formula is C16H17NO4. The molecule has 5 heteroatoms. The van der Waals surface area contributed by atoms with Gasteiger partial charge in [0.05, 0.1) is 18.0 Å². The fourth-order valence-electron chi connectivity index (χ4n) is 2.42. The number of pyridine rings is 1. The van der Waals surface area contributed by atoms with Gasteiger partial charge in [0.25, 0.3) is 0 Å². The van der Waals surface area contributed by atoms with Gasteiger partial charge in [0, 0.05) is 23.7 Å². The number of rotatable bonds is 5. The largest absolute Gasteiger partial charge is 0.493 e. The molecule has 3 rings (SSSR count). The molecule has 110 valence electrons. The number of H-pyrrole nitrogens is 1. The van der Waals surface area contributed by atoms with E-state index in [0.717, 1.165) is 12.8 Å². The fourth-order valence-corrected chi connectivity index (χ4v) is 2.42. The van der Waals surface area contributed by atoms with Crippen LogP contribution in [0.5, 0.6) is 11.5 Å². The van der Waals surface area contributed by atoms with Crippen molar-refractivity contribution in [1.29, 1.82) is 0 Å². The van der Waals surface area contributed by atoms with E-state index in [0.29, 0.717) is 29.0 Å². The summed E-state index contributed by atoms with van der Waals surface area (Å²) in [6, 6.07) is 4.87. The van der Waals surface area contributed by atoms with Gasteiger partial charge in [0.2, 0.25) is 0 Å². The van der Waals surface area contributed by atoms with Crippen LogP contribution in [0.15, 0.2) is 29.2 Å². The monoisotopic (exact) mass is 287 g/mol. The molecule has 0 saturated heterocycles. The number of carbonyl (C=O) groups excluding carboxylic acids is 1. The van der Waals surface area contributed by atoms with Crippen molar-refractivity contribution in [3.05, 3.63) is 34.6 Å². The first kappa shape index (κ1) is 13.7. The second kappa shape index (κ2) is 4.91. The molecule has 1 N–H and O–H groups in total. The Bertz CT molecular complexity index is 758. The number of ether oxygens (including phenoxy) is 2. The van der Waals surface area contributed by atoms with Crippen LogP contribution in [0.3, 0.4) is 0 Å². The van der Waals surface area contributed by atoms with Crippen LogP contribution >= 0.6 is 0 Å². The lowest BCUT2D eigenvalue weighted by molar-refractivity contribution is -0.123. The Morgan fingerprint density at radius 2 is 2.10 bits per heavy atom. The number of hydrogen-bond acceptors (Lipinski definition) is 4. The lowest BCUT2D eigenvalue weighted by Crippen LogP contribution is -2.21. The summed E-state index contributed by atoms with van der Waals surface area (Å²) in [5.41, 5.74) is 0.284. The first-order chi connectivity index (χ1) is 10.1. The first-order valence-corrected chi connectivity index (χ1v) is 6.89. The molecule has 0 aliphatic heterocycles. The van der Waals surface area contributed by atoms with Gasteiger partial charge < -0.3 is 14.5 Å². The fraction of sp³-hybridized carbons (Fsp3) is 0.375. The third-order valence-electron chi connectivity index (χ3n) is 4.15. The third-order valence-corrected chi connectivity index (χ3v) is 4.15. The molecule has 1 fully saturated rings. The summed E-state index contributed by atoms with van der Waals surface area (Å²) in [5.74, 6) is 1.20. The van der Waals surface area contributed by atoms with Crippen molar-refractivity contribution >= 4 is 16.7 Å². The van der Waals surface area contributed by atoms with Crippen molar-refractivity contribution in [2.45, 2.75) is 19.8 Å². The minimum Gasteiger partial charge on any atom is -0.493 e. The van der Waals surface area contributed by atoms with E-state index in [2.05, 4.69) is 4.98 Å². The molecule has 1 aromatic carbocycles. The molecule has 0 unspecified atom stereocenters. The summed E-state index contributed by atoms with van der Waals surface area (Å²) in [7, 11) is 1.53. The number of ketones is 1. The van der Waals surface area contributed by atoms with E-state index in [1.54, 1.807) is 25.3 Å². The highest BCUT2D eigenvalue weighted by Gasteiger charge is 2.48. The van der Waals surface area contributed by atoms with Gasteiger partial charge in [-0.25, -0.2) is 0 Å². The first-order valence-electron chi connectivity index (χ1n) is 6.89. The summed E-state index contributed by atoms with van der Waals surface area (Å²) < 4.78 is 11.1. The van der Waals surface area contributed by atoms with Crippen molar-refractivity contribution < 1.29 is 14.3 Å². The van der Waals surface area contributed by atoms with Crippen LogP contribution in [0.25, 0.3) is 10.9 Å². The topological polar surface area (TPSA) is 68.4 Å². The van der Waals surface area contributed by atoms with Crippen LogP contribution in [0.2, 0.25) is 0 Å². The Hall–Kier alpha value is -2.30. The second-order valence-corrected chi connectivity index (χ2v) is 5.52. The number of hydrogen-bond donors (Lipinski definition) is 1. The number of aromatic nitrogens is 1. The number of nitrogens with one attached hydrogen (secondary N) is 1. The Labute approximate surface area is 121 Å². The number of aromatic amines is 1. The average Bonchev–Trinajstić information content (AvgIpc) is 3.26. The molecule has 0 radical (unpaired) electrons. The lowest BCUT2D eigenvalue weighted by atomic mass is 10.0. The summed E-state index contributed by atoms with van der Waals surface area (Å²) >= 11 is 0. The van der Waals surface area contributed by atoms with Gasteiger partial charge in [-0.05, 0) is 25.8 Å².